The van der Waals surface area contributed by atoms with Gasteiger partial charge in [-0.15, -0.1) is 0 Å². The van der Waals surface area contributed by atoms with Crippen molar-refractivity contribution < 1.29 is 13.2 Å². The first kappa shape index (κ1) is 23.9. The highest BCUT2D eigenvalue weighted by molar-refractivity contribution is 7.92. The minimum atomic E-state index is -3.80. The molecule has 30 heavy (non-hydrogen) atoms. The minimum absolute atomic E-state index is 0.0609. The molecule has 0 aliphatic rings. The summed E-state index contributed by atoms with van der Waals surface area (Å²) in [6, 6.07) is 12.5. The largest absolute Gasteiger partial charge is 0.351 e. The Labute approximate surface area is 180 Å². The normalized spacial score (nSPS) is 11.9. The average Bonchev–Trinajstić information content (AvgIpc) is 2.64. The number of aryl methyl sites for hydroxylation is 2. The number of nitrogens with zero attached hydrogens (tertiary/aromatic N) is 1. The Hall–Kier alpha value is -2.38. The van der Waals surface area contributed by atoms with Crippen LogP contribution in [0, 0.1) is 13.8 Å². The third kappa shape index (κ3) is 6.31. The van der Waals surface area contributed by atoms with E-state index in [9.17, 15) is 13.2 Å². The van der Waals surface area contributed by atoms with Crippen molar-refractivity contribution in [3.8, 4) is 0 Å². The molecule has 2 aromatic carbocycles. The van der Waals surface area contributed by atoms with E-state index in [2.05, 4.69) is 42.6 Å². The summed E-state index contributed by atoms with van der Waals surface area (Å²) < 4.78 is 28.2. The average molecular weight is 432 g/mol. The standard InChI is InChI=1S/C23H33N3O3S/c1-16(2)26(17(3)4)13-12-24-23(27)22-15-21(11-10-19(22)6)30(28,29)25-20-9-7-8-18(5)14-20/h7-11,14-17,25H,12-13H2,1-6H3,(H,24,27). The molecule has 0 fully saturated rings. The number of carbonyl (C=O) groups is 1. The maximum absolute atomic E-state index is 12.8. The van der Waals surface area contributed by atoms with Gasteiger partial charge in [-0.25, -0.2) is 8.42 Å². The molecule has 164 valence electrons. The number of benzene rings is 2. The molecule has 6 nitrogen and oxygen atoms in total. The zero-order valence-electron chi connectivity index (χ0n) is 18.7. The number of nitrogens with one attached hydrogen (secondary N) is 2. The number of amides is 1. The van der Waals surface area contributed by atoms with Gasteiger partial charge in [0.25, 0.3) is 15.9 Å². The van der Waals surface area contributed by atoms with E-state index in [-0.39, 0.29) is 10.8 Å². The zero-order chi connectivity index (χ0) is 22.5. The van der Waals surface area contributed by atoms with Gasteiger partial charge in [-0.05, 0) is 76.9 Å². The Balaban J connectivity index is 2.14. The van der Waals surface area contributed by atoms with Crippen molar-refractivity contribution >= 4 is 21.6 Å². The van der Waals surface area contributed by atoms with Crippen LogP contribution >= 0.6 is 0 Å². The lowest BCUT2D eigenvalue weighted by Crippen LogP contribution is -2.42. The van der Waals surface area contributed by atoms with E-state index in [1.807, 2.05) is 13.0 Å². The van der Waals surface area contributed by atoms with E-state index in [1.165, 1.54) is 12.1 Å². The Morgan fingerprint density at radius 2 is 1.67 bits per heavy atom. The second-order valence-corrected chi connectivity index (χ2v) is 9.82. The van der Waals surface area contributed by atoms with Gasteiger partial charge in [0.05, 0.1) is 4.90 Å². The molecule has 0 atom stereocenters. The van der Waals surface area contributed by atoms with Crippen LogP contribution in [0.3, 0.4) is 0 Å². The van der Waals surface area contributed by atoms with Gasteiger partial charge in [0.15, 0.2) is 0 Å². The maximum Gasteiger partial charge on any atom is 0.261 e. The fourth-order valence-corrected chi connectivity index (χ4v) is 4.52. The van der Waals surface area contributed by atoms with Crippen molar-refractivity contribution in [1.29, 1.82) is 0 Å². The van der Waals surface area contributed by atoms with Crippen molar-refractivity contribution in [3.05, 3.63) is 59.2 Å². The summed E-state index contributed by atoms with van der Waals surface area (Å²) in [5.41, 5.74) is 2.54. The van der Waals surface area contributed by atoms with E-state index in [4.69, 9.17) is 0 Å². The smallest absolute Gasteiger partial charge is 0.261 e. The molecule has 0 heterocycles. The van der Waals surface area contributed by atoms with Gasteiger partial charge in [0, 0.05) is 36.4 Å². The highest BCUT2D eigenvalue weighted by atomic mass is 32.2. The molecule has 2 rings (SSSR count). The first-order valence-electron chi connectivity index (χ1n) is 10.3. The molecule has 0 saturated carbocycles. The van der Waals surface area contributed by atoms with Gasteiger partial charge < -0.3 is 5.32 Å². The second kappa shape index (κ2) is 10.1. The summed E-state index contributed by atoms with van der Waals surface area (Å²) in [6.07, 6.45) is 0. The molecule has 7 heteroatoms. The van der Waals surface area contributed by atoms with Gasteiger partial charge in [0.1, 0.15) is 0 Å². The van der Waals surface area contributed by atoms with E-state index >= 15 is 0 Å². The molecule has 0 saturated heterocycles. The number of hydrogen-bond acceptors (Lipinski definition) is 4. The summed E-state index contributed by atoms with van der Waals surface area (Å²) in [4.78, 5) is 15.1. The lowest BCUT2D eigenvalue weighted by atomic mass is 10.1. The molecule has 0 aromatic heterocycles. The molecule has 0 aliphatic carbocycles. The van der Waals surface area contributed by atoms with E-state index in [0.717, 1.165) is 17.7 Å². The monoisotopic (exact) mass is 431 g/mol. The van der Waals surface area contributed by atoms with Gasteiger partial charge in [-0.1, -0.05) is 18.2 Å². The molecule has 0 unspecified atom stereocenters. The summed E-state index contributed by atoms with van der Waals surface area (Å²) in [5, 5.41) is 2.92. The molecule has 2 aromatic rings. The van der Waals surface area contributed by atoms with Crippen LogP contribution in [0.2, 0.25) is 0 Å². The minimum Gasteiger partial charge on any atom is -0.351 e. The molecular formula is C23H33N3O3S. The number of hydrogen-bond donors (Lipinski definition) is 2. The first-order valence-corrected chi connectivity index (χ1v) is 11.7. The van der Waals surface area contributed by atoms with Crippen molar-refractivity contribution in [3.63, 3.8) is 0 Å². The third-order valence-electron chi connectivity index (χ3n) is 5.02. The van der Waals surface area contributed by atoms with Crippen molar-refractivity contribution in [2.24, 2.45) is 0 Å². The van der Waals surface area contributed by atoms with E-state index < -0.39 is 10.0 Å². The molecule has 0 bridgehead atoms. The fraction of sp³-hybridized carbons (Fsp3) is 0.435. The van der Waals surface area contributed by atoms with Crippen LogP contribution in [0.1, 0.15) is 49.2 Å². The number of sulfonamides is 1. The highest BCUT2D eigenvalue weighted by Gasteiger charge is 2.19. The quantitative estimate of drug-likeness (QED) is 0.630. The van der Waals surface area contributed by atoms with Crippen LogP contribution in [0.25, 0.3) is 0 Å². The molecule has 0 radical (unpaired) electrons. The Morgan fingerprint density at radius 3 is 2.27 bits per heavy atom. The molecule has 0 spiro atoms. The number of rotatable bonds is 9. The van der Waals surface area contributed by atoms with Gasteiger partial charge >= 0.3 is 0 Å². The van der Waals surface area contributed by atoms with Crippen LogP contribution in [0.5, 0.6) is 0 Å². The van der Waals surface area contributed by atoms with Crippen LogP contribution < -0.4 is 10.0 Å². The van der Waals surface area contributed by atoms with Crippen LogP contribution in [-0.2, 0) is 10.0 Å². The third-order valence-corrected chi connectivity index (χ3v) is 6.40. The van der Waals surface area contributed by atoms with Gasteiger partial charge in [-0.2, -0.15) is 0 Å². The van der Waals surface area contributed by atoms with Gasteiger partial charge in [0.2, 0.25) is 0 Å². The van der Waals surface area contributed by atoms with Crippen molar-refractivity contribution in [2.75, 3.05) is 17.8 Å². The lowest BCUT2D eigenvalue weighted by Gasteiger charge is -2.30. The van der Waals surface area contributed by atoms with E-state index in [0.29, 0.717) is 29.9 Å². The summed E-state index contributed by atoms with van der Waals surface area (Å²) in [5.74, 6) is -0.271. The first-order chi connectivity index (χ1) is 14.0. The van der Waals surface area contributed by atoms with Crippen LogP contribution in [-0.4, -0.2) is 44.4 Å². The number of anilines is 1. The number of carbonyl (C=O) groups excluding carboxylic acids is 1. The van der Waals surface area contributed by atoms with Gasteiger partial charge in [-0.3, -0.25) is 14.4 Å². The predicted octanol–water partition coefficient (Wildman–Crippen LogP) is 3.95. The Kier molecular flexibility index (Phi) is 8.03. The second-order valence-electron chi connectivity index (χ2n) is 8.13. The zero-order valence-corrected chi connectivity index (χ0v) is 19.5. The predicted molar refractivity (Wildman–Crippen MR) is 122 cm³/mol. The van der Waals surface area contributed by atoms with Crippen LogP contribution in [0.15, 0.2) is 47.4 Å². The van der Waals surface area contributed by atoms with E-state index in [1.54, 1.807) is 31.2 Å². The Morgan fingerprint density at radius 1 is 1.00 bits per heavy atom. The molecule has 1 amide bonds. The lowest BCUT2D eigenvalue weighted by molar-refractivity contribution is 0.0938. The van der Waals surface area contributed by atoms with Crippen molar-refractivity contribution in [1.82, 2.24) is 10.2 Å². The summed E-state index contributed by atoms with van der Waals surface area (Å²) >= 11 is 0. The SMILES string of the molecule is Cc1cccc(NS(=O)(=O)c2ccc(C)c(C(=O)NCCN(C(C)C)C(C)C)c2)c1. The Bertz CT molecular complexity index is 977. The van der Waals surface area contributed by atoms with Crippen molar-refractivity contribution in [2.45, 2.75) is 58.5 Å². The summed E-state index contributed by atoms with van der Waals surface area (Å²) in [7, 11) is -3.80. The maximum atomic E-state index is 12.8. The molecule has 0 aliphatic heterocycles. The summed E-state index contributed by atoms with van der Waals surface area (Å²) in [6.45, 7) is 13.4. The molecule has 2 N–H and O–H groups in total. The molecular weight excluding hydrogens is 398 g/mol. The highest BCUT2D eigenvalue weighted by Crippen LogP contribution is 2.20. The topological polar surface area (TPSA) is 78.5 Å². The fourth-order valence-electron chi connectivity index (χ4n) is 3.44. The van der Waals surface area contributed by atoms with Crippen LogP contribution in [0.4, 0.5) is 5.69 Å².